The number of carbonyl (C=O) groups is 1. The molecule has 7 rings (SSSR count). The number of likely N-dealkylation sites (N-methyl/N-ethyl adjacent to an activating group) is 1. The van der Waals surface area contributed by atoms with Gasteiger partial charge in [0.05, 0.1) is 18.5 Å². The van der Waals surface area contributed by atoms with E-state index in [1.807, 2.05) is 47.5 Å². The first-order chi connectivity index (χ1) is 20.1. The summed E-state index contributed by atoms with van der Waals surface area (Å²) in [7, 11) is 2.09. The third kappa shape index (κ3) is 5.44. The fourth-order valence-electron chi connectivity index (χ4n) is 5.66. The van der Waals surface area contributed by atoms with E-state index < -0.39 is 0 Å². The zero-order valence-corrected chi connectivity index (χ0v) is 23.9. The van der Waals surface area contributed by atoms with E-state index in [4.69, 9.17) is 14.5 Å². The van der Waals surface area contributed by atoms with Gasteiger partial charge in [0.25, 0.3) is 5.91 Å². The Morgan fingerprint density at radius 3 is 3.05 bits per heavy atom. The van der Waals surface area contributed by atoms with Crippen molar-refractivity contribution in [2.75, 3.05) is 37.4 Å². The maximum Gasteiger partial charge on any atom is 0.284 e. The standard InChI is InChI=1S/C30H33N7O3S/c1-36-10-8-24-25(18-36)41-30(35-24)29(38)34-21-6-4-5-19(13-21)14-31-28-22-9-12-40-27(22)23(16-32-28)20-15-33-37(17-20)26-7-2-3-11-39-26/h4-6,13,15-17,26H,2-3,7-12,14,18H2,1H3,(H,31,32)(H,34,38). The predicted molar refractivity (Wildman–Crippen MR) is 157 cm³/mol. The number of nitrogens with one attached hydrogen (secondary N) is 2. The summed E-state index contributed by atoms with van der Waals surface area (Å²) in [6.07, 6.45) is 10.7. The van der Waals surface area contributed by atoms with E-state index in [-0.39, 0.29) is 12.1 Å². The van der Waals surface area contributed by atoms with Gasteiger partial charge in [0.1, 0.15) is 17.8 Å². The van der Waals surface area contributed by atoms with Crippen molar-refractivity contribution in [1.29, 1.82) is 0 Å². The molecule has 1 unspecified atom stereocenters. The number of amides is 1. The molecule has 3 aliphatic rings. The second-order valence-electron chi connectivity index (χ2n) is 10.8. The van der Waals surface area contributed by atoms with Gasteiger partial charge in [-0.3, -0.25) is 4.79 Å². The fraction of sp³-hybridized carbons (Fsp3) is 0.400. The van der Waals surface area contributed by atoms with Crippen molar-refractivity contribution < 1.29 is 14.3 Å². The summed E-state index contributed by atoms with van der Waals surface area (Å²) >= 11 is 1.49. The molecule has 0 aliphatic carbocycles. The Hall–Kier alpha value is -3.80. The number of anilines is 2. The van der Waals surface area contributed by atoms with Crippen LogP contribution in [0.2, 0.25) is 0 Å². The van der Waals surface area contributed by atoms with Crippen LogP contribution in [-0.4, -0.2) is 57.4 Å². The lowest BCUT2D eigenvalue weighted by atomic mass is 10.1. The number of hydrogen-bond acceptors (Lipinski definition) is 9. The van der Waals surface area contributed by atoms with Crippen LogP contribution in [0, 0.1) is 0 Å². The van der Waals surface area contributed by atoms with Crippen molar-refractivity contribution in [3.8, 4) is 16.9 Å². The first-order valence-corrected chi connectivity index (χ1v) is 15.0. The summed E-state index contributed by atoms with van der Waals surface area (Å²) < 4.78 is 13.9. The summed E-state index contributed by atoms with van der Waals surface area (Å²) in [6.45, 7) is 3.80. The highest BCUT2D eigenvalue weighted by atomic mass is 32.1. The van der Waals surface area contributed by atoms with E-state index in [2.05, 4.69) is 32.7 Å². The summed E-state index contributed by atoms with van der Waals surface area (Å²) in [5, 5.41) is 11.6. The molecule has 1 saturated heterocycles. The molecule has 1 aromatic carbocycles. The normalized spacial score (nSPS) is 18.4. The van der Waals surface area contributed by atoms with Crippen molar-refractivity contribution in [2.24, 2.45) is 0 Å². The average Bonchev–Trinajstić information content (AvgIpc) is 3.76. The molecule has 4 aromatic rings. The molecule has 0 spiro atoms. The molecule has 2 N–H and O–H groups in total. The van der Waals surface area contributed by atoms with Gasteiger partial charge in [-0.1, -0.05) is 12.1 Å². The van der Waals surface area contributed by atoms with Gasteiger partial charge in [0, 0.05) is 78.7 Å². The van der Waals surface area contributed by atoms with Crippen LogP contribution in [0.25, 0.3) is 11.1 Å². The maximum atomic E-state index is 12.9. The summed E-state index contributed by atoms with van der Waals surface area (Å²) in [5.74, 6) is 1.52. The molecule has 0 saturated carbocycles. The predicted octanol–water partition coefficient (Wildman–Crippen LogP) is 4.89. The Morgan fingerprint density at radius 2 is 2.15 bits per heavy atom. The lowest BCUT2D eigenvalue weighted by Crippen LogP contribution is -2.25. The first-order valence-electron chi connectivity index (χ1n) is 14.2. The van der Waals surface area contributed by atoms with Gasteiger partial charge in [-0.05, 0) is 44.0 Å². The average molecular weight is 572 g/mol. The topological polar surface area (TPSA) is 106 Å². The van der Waals surface area contributed by atoms with Crippen LogP contribution in [0.5, 0.6) is 5.75 Å². The SMILES string of the molecule is CN1CCc2nc(C(=O)Nc3cccc(CNc4ncc(-c5cnn(C6CCCCO6)c5)c5c4CCO5)c3)sc2C1. The number of hydrogen-bond donors (Lipinski definition) is 2. The highest BCUT2D eigenvalue weighted by Crippen LogP contribution is 2.40. The van der Waals surface area contributed by atoms with Gasteiger partial charge in [-0.25, -0.2) is 14.6 Å². The zero-order chi connectivity index (χ0) is 27.8. The Labute approximate surface area is 242 Å². The van der Waals surface area contributed by atoms with Crippen LogP contribution >= 0.6 is 11.3 Å². The van der Waals surface area contributed by atoms with Crippen LogP contribution in [0.4, 0.5) is 11.5 Å². The van der Waals surface area contributed by atoms with Crippen molar-refractivity contribution in [3.05, 3.63) is 69.6 Å². The number of ether oxygens (including phenoxy) is 2. The Balaban J connectivity index is 1.03. The largest absolute Gasteiger partial charge is 0.492 e. The molecule has 0 radical (unpaired) electrons. The Morgan fingerprint density at radius 1 is 1.20 bits per heavy atom. The molecule has 1 fully saturated rings. The fourth-order valence-corrected chi connectivity index (χ4v) is 6.75. The highest BCUT2D eigenvalue weighted by Gasteiger charge is 2.25. The lowest BCUT2D eigenvalue weighted by molar-refractivity contribution is -0.0394. The number of benzene rings is 1. The molecular formula is C30H33N7O3S. The molecule has 1 atom stereocenters. The molecule has 3 aliphatic heterocycles. The van der Waals surface area contributed by atoms with Crippen molar-refractivity contribution >= 4 is 28.7 Å². The minimum absolute atomic E-state index is 0.00479. The van der Waals surface area contributed by atoms with Crippen LogP contribution in [0.1, 0.15) is 57.0 Å². The molecule has 10 nitrogen and oxygen atoms in total. The van der Waals surface area contributed by atoms with E-state index >= 15 is 0 Å². The van der Waals surface area contributed by atoms with Gasteiger partial charge >= 0.3 is 0 Å². The maximum absolute atomic E-state index is 12.9. The number of pyridine rings is 1. The number of aromatic nitrogens is 4. The van der Waals surface area contributed by atoms with E-state index in [0.717, 1.165) is 97.0 Å². The zero-order valence-electron chi connectivity index (χ0n) is 23.1. The van der Waals surface area contributed by atoms with Gasteiger partial charge in [0.2, 0.25) is 0 Å². The molecule has 6 heterocycles. The monoisotopic (exact) mass is 571 g/mol. The lowest BCUT2D eigenvalue weighted by Gasteiger charge is -2.22. The van der Waals surface area contributed by atoms with Crippen LogP contribution < -0.4 is 15.4 Å². The van der Waals surface area contributed by atoms with E-state index in [0.29, 0.717) is 18.2 Å². The molecule has 41 heavy (non-hydrogen) atoms. The smallest absolute Gasteiger partial charge is 0.284 e. The van der Waals surface area contributed by atoms with E-state index in [9.17, 15) is 4.79 Å². The molecule has 3 aromatic heterocycles. The van der Waals surface area contributed by atoms with Gasteiger partial charge < -0.3 is 25.0 Å². The second-order valence-corrected chi connectivity index (χ2v) is 11.9. The molecule has 11 heteroatoms. The minimum atomic E-state index is -0.164. The van der Waals surface area contributed by atoms with Gasteiger partial charge in [0.15, 0.2) is 5.01 Å². The summed E-state index contributed by atoms with van der Waals surface area (Å²) in [4.78, 5) is 25.8. The van der Waals surface area contributed by atoms with Crippen molar-refractivity contribution in [3.63, 3.8) is 0 Å². The number of fused-ring (bicyclic) bond motifs is 2. The third-order valence-corrected chi connectivity index (χ3v) is 8.93. The summed E-state index contributed by atoms with van der Waals surface area (Å²) in [5.41, 5.74) is 5.84. The Kier molecular flexibility index (Phi) is 7.15. The minimum Gasteiger partial charge on any atom is -0.492 e. The van der Waals surface area contributed by atoms with Crippen LogP contribution in [0.3, 0.4) is 0 Å². The second kappa shape index (κ2) is 11.2. The third-order valence-electron chi connectivity index (χ3n) is 7.85. The Bertz CT molecular complexity index is 1580. The highest BCUT2D eigenvalue weighted by molar-refractivity contribution is 7.13. The summed E-state index contributed by atoms with van der Waals surface area (Å²) in [6, 6.07) is 7.87. The number of nitrogens with zero attached hydrogens (tertiary/aromatic N) is 5. The quantitative estimate of drug-likeness (QED) is 0.323. The molecule has 212 valence electrons. The number of carbonyl (C=O) groups excluding carboxylic acids is 1. The van der Waals surface area contributed by atoms with Gasteiger partial charge in [-0.15, -0.1) is 11.3 Å². The molecule has 0 bridgehead atoms. The van der Waals surface area contributed by atoms with Gasteiger partial charge in [-0.2, -0.15) is 5.10 Å². The van der Waals surface area contributed by atoms with E-state index in [1.165, 1.54) is 16.2 Å². The van der Waals surface area contributed by atoms with Crippen molar-refractivity contribution in [1.82, 2.24) is 24.6 Å². The number of rotatable bonds is 7. The van der Waals surface area contributed by atoms with Crippen LogP contribution in [-0.2, 0) is 30.7 Å². The molecule has 1 amide bonds. The number of thiazole rings is 1. The first kappa shape index (κ1) is 26.1. The van der Waals surface area contributed by atoms with Crippen molar-refractivity contribution in [2.45, 2.75) is 51.4 Å². The van der Waals surface area contributed by atoms with Crippen LogP contribution in [0.15, 0.2) is 42.9 Å². The van der Waals surface area contributed by atoms with E-state index in [1.54, 1.807) is 0 Å². The molecular weight excluding hydrogens is 538 g/mol.